The first kappa shape index (κ1) is 17.3. The van der Waals surface area contributed by atoms with Crippen molar-refractivity contribution in [1.82, 2.24) is 0 Å². The third-order valence-electron chi connectivity index (χ3n) is 3.06. The first-order chi connectivity index (χ1) is 9.59. The predicted octanol–water partition coefficient (Wildman–Crippen LogP) is 5.57. The lowest BCUT2D eigenvalue weighted by Crippen LogP contribution is -2.04. The molecule has 0 fully saturated rings. The zero-order valence-electron chi connectivity index (χ0n) is 12.9. The van der Waals surface area contributed by atoms with Crippen molar-refractivity contribution >= 4 is 7.60 Å². The molecule has 4 heteroatoms. The Hall–Kier alpha value is -0.790. The molecule has 20 heavy (non-hydrogen) atoms. The fourth-order valence-electron chi connectivity index (χ4n) is 1.88. The molecule has 1 aromatic rings. The fraction of sp³-hybridized carbons (Fsp3) is 0.625. The summed E-state index contributed by atoms with van der Waals surface area (Å²) in [5, 5.41) is 0. The van der Waals surface area contributed by atoms with E-state index in [2.05, 4.69) is 13.8 Å². The van der Waals surface area contributed by atoms with Crippen molar-refractivity contribution in [2.75, 3.05) is 12.8 Å². The highest BCUT2D eigenvalue weighted by atomic mass is 31.2. The standard InChI is InChI=1S/C16H27O3P/c1-4-6-8-12-18-20(17,13-7-5-2)19-16-11-9-10-15(3)14-16/h9-11,14H,4-8,12-13H2,1-3H3. The number of hydrogen-bond donors (Lipinski definition) is 0. The Morgan fingerprint density at radius 3 is 2.50 bits per heavy atom. The van der Waals surface area contributed by atoms with Gasteiger partial charge in [-0.2, -0.15) is 0 Å². The molecule has 0 bridgehead atoms. The third-order valence-corrected chi connectivity index (χ3v) is 4.98. The summed E-state index contributed by atoms with van der Waals surface area (Å²) in [4.78, 5) is 0. The Bertz CT molecular complexity index is 431. The molecule has 0 aliphatic heterocycles. The molecule has 0 amide bonds. The largest absolute Gasteiger partial charge is 0.424 e. The van der Waals surface area contributed by atoms with Crippen molar-refractivity contribution in [3.05, 3.63) is 29.8 Å². The smallest absolute Gasteiger partial charge is 0.379 e. The number of benzene rings is 1. The second-order valence-electron chi connectivity index (χ2n) is 5.14. The summed E-state index contributed by atoms with van der Waals surface area (Å²) >= 11 is 0. The van der Waals surface area contributed by atoms with Gasteiger partial charge in [-0.15, -0.1) is 0 Å². The van der Waals surface area contributed by atoms with Crippen LogP contribution < -0.4 is 4.52 Å². The van der Waals surface area contributed by atoms with E-state index >= 15 is 0 Å². The molecule has 114 valence electrons. The molecule has 1 atom stereocenters. The van der Waals surface area contributed by atoms with Crippen LogP contribution in [0.3, 0.4) is 0 Å². The van der Waals surface area contributed by atoms with Crippen LogP contribution in [0, 0.1) is 6.92 Å². The van der Waals surface area contributed by atoms with E-state index in [4.69, 9.17) is 9.05 Å². The van der Waals surface area contributed by atoms with Crippen LogP contribution in [0.5, 0.6) is 5.75 Å². The maximum atomic E-state index is 12.8. The van der Waals surface area contributed by atoms with Crippen molar-refractivity contribution in [2.24, 2.45) is 0 Å². The molecule has 1 aromatic carbocycles. The minimum absolute atomic E-state index is 0.490. The van der Waals surface area contributed by atoms with Gasteiger partial charge in [0.25, 0.3) is 0 Å². The molecular weight excluding hydrogens is 271 g/mol. The monoisotopic (exact) mass is 298 g/mol. The summed E-state index contributed by atoms with van der Waals surface area (Å²) in [6.07, 6.45) is 5.49. The van der Waals surface area contributed by atoms with Crippen LogP contribution in [0.2, 0.25) is 0 Å². The molecular formula is C16H27O3P. The van der Waals surface area contributed by atoms with Gasteiger partial charge < -0.3 is 4.52 Å². The molecule has 0 heterocycles. The summed E-state index contributed by atoms with van der Waals surface area (Å²) in [6, 6.07) is 7.63. The number of hydrogen-bond acceptors (Lipinski definition) is 3. The van der Waals surface area contributed by atoms with Gasteiger partial charge in [-0.3, -0.25) is 4.52 Å². The molecule has 1 rings (SSSR count). The molecule has 0 spiro atoms. The van der Waals surface area contributed by atoms with E-state index in [-0.39, 0.29) is 0 Å². The van der Waals surface area contributed by atoms with E-state index in [9.17, 15) is 4.57 Å². The van der Waals surface area contributed by atoms with E-state index in [0.717, 1.165) is 37.7 Å². The van der Waals surface area contributed by atoms with Crippen molar-refractivity contribution in [2.45, 2.75) is 52.9 Å². The van der Waals surface area contributed by atoms with Crippen molar-refractivity contribution < 1.29 is 13.6 Å². The van der Waals surface area contributed by atoms with Crippen molar-refractivity contribution in [1.29, 1.82) is 0 Å². The van der Waals surface area contributed by atoms with E-state index in [1.54, 1.807) is 0 Å². The lowest BCUT2D eigenvalue weighted by Gasteiger charge is -2.19. The summed E-state index contributed by atoms with van der Waals surface area (Å²) in [5.41, 5.74) is 1.09. The molecule has 0 aliphatic rings. The average Bonchev–Trinajstić information content (AvgIpc) is 2.42. The van der Waals surface area contributed by atoms with Gasteiger partial charge in [0, 0.05) is 0 Å². The van der Waals surface area contributed by atoms with Gasteiger partial charge >= 0.3 is 7.60 Å². The summed E-state index contributed by atoms with van der Waals surface area (Å²) in [5.74, 6) is 0.639. The number of unbranched alkanes of at least 4 members (excludes halogenated alkanes) is 3. The summed E-state index contributed by atoms with van der Waals surface area (Å²) < 4.78 is 24.1. The second-order valence-corrected chi connectivity index (χ2v) is 7.25. The molecule has 0 aliphatic carbocycles. The highest BCUT2D eigenvalue weighted by Gasteiger charge is 2.25. The predicted molar refractivity (Wildman–Crippen MR) is 84.7 cm³/mol. The summed E-state index contributed by atoms with van der Waals surface area (Å²) in [7, 11) is -3.02. The Kier molecular flexibility index (Phi) is 7.94. The number of aryl methyl sites for hydroxylation is 1. The maximum absolute atomic E-state index is 12.8. The number of rotatable bonds is 10. The Morgan fingerprint density at radius 2 is 1.85 bits per heavy atom. The van der Waals surface area contributed by atoms with Crippen LogP contribution in [0.1, 0.15) is 51.5 Å². The third kappa shape index (κ3) is 6.58. The van der Waals surface area contributed by atoms with Gasteiger partial charge in [0.1, 0.15) is 5.75 Å². The Balaban J connectivity index is 2.64. The summed E-state index contributed by atoms with van der Waals surface area (Å²) in [6.45, 7) is 6.72. The van der Waals surface area contributed by atoms with Crippen LogP contribution in [-0.2, 0) is 9.09 Å². The van der Waals surface area contributed by atoms with Crippen LogP contribution in [0.4, 0.5) is 0 Å². The van der Waals surface area contributed by atoms with E-state index < -0.39 is 7.60 Å². The molecule has 1 unspecified atom stereocenters. The SMILES string of the molecule is CCCCCOP(=O)(CCCC)Oc1cccc(C)c1. The first-order valence-electron chi connectivity index (χ1n) is 7.59. The highest BCUT2D eigenvalue weighted by molar-refractivity contribution is 7.54. The van der Waals surface area contributed by atoms with Gasteiger partial charge in [-0.05, 0) is 37.5 Å². The van der Waals surface area contributed by atoms with E-state index in [1.807, 2.05) is 31.2 Å². The van der Waals surface area contributed by atoms with Gasteiger partial charge in [-0.1, -0.05) is 45.2 Å². The van der Waals surface area contributed by atoms with E-state index in [1.165, 1.54) is 0 Å². The maximum Gasteiger partial charge on any atom is 0.379 e. The van der Waals surface area contributed by atoms with Crippen molar-refractivity contribution in [3.8, 4) is 5.75 Å². The average molecular weight is 298 g/mol. The minimum atomic E-state index is -3.02. The normalized spacial score (nSPS) is 13.9. The van der Waals surface area contributed by atoms with Gasteiger partial charge in [0.05, 0.1) is 12.8 Å². The van der Waals surface area contributed by atoms with Crippen molar-refractivity contribution in [3.63, 3.8) is 0 Å². The molecule has 0 radical (unpaired) electrons. The molecule has 0 N–H and O–H groups in total. The van der Waals surface area contributed by atoms with Gasteiger partial charge in [-0.25, -0.2) is 4.57 Å². The van der Waals surface area contributed by atoms with Crippen LogP contribution >= 0.6 is 7.60 Å². The first-order valence-corrected chi connectivity index (χ1v) is 9.32. The van der Waals surface area contributed by atoms with Crippen LogP contribution in [-0.4, -0.2) is 12.8 Å². The van der Waals surface area contributed by atoms with Crippen LogP contribution in [0.25, 0.3) is 0 Å². The lowest BCUT2D eigenvalue weighted by molar-refractivity contribution is 0.258. The second kappa shape index (κ2) is 9.20. The minimum Gasteiger partial charge on any atom is -0.424 e. The zero-order valence-corrected chi connectivity index (χ0v) is 13.8. The topological polar surface area (TPSA) is 35.5 Å². The highest BCUT2D eigenvalue weighted by Crippen LogP contribution is 2.49. The quantitative estimate of drug-likeness (QED) is 0.418. The van der Waals surface area contributed by atoms with E-state index in [0.29, 0.717) is 18.5 Å². The fourth-order valence-corrected chi connectivity index (χ4v) is 3.70. The lowest BCUT2D eigenvalue weighted by atomic mass is 10.2. The zero-order chi connectivity index (χ0) is 14.8. The Labute approximate surface area is 123 Å². The molecule has 3 nitrogen and oxygen atoms in total. The molecule has 0 aromatic heterocycles. The Morgan fingerprint density at radius 1 is 1.10 bits per heavy atom. The van der Waals surface area contributed by atoms with Crippen LogP contribution in [0.15, 0.2) is 24.3 Å². The van der Waals surface area contributed by atoms with Gasteiger partial charge in [0.2, 0.25) is 0 Å². The molecule has 0 saturated carbocycles. The molecule has 0 saturated heterocycles. The van der Waals surface area contributed by atoms with Gasteiger partial charge in [0.15, 0.2) is 0 Å².